The van der Waals surface area contributed by atoms with Crippen LogP contribution in [-0.4, -0.2) is 21.4 Å². The molecule has 23 heavy (non-hydrogen) atoms. The van der Waals surface area contributed by atoms with E-state index in [1.807, 2.05) is 6.08 Å². The fourth-order valence-corrected chi connectivity index (χ4v) is 4.20. The van der Waals surface area contributed by atoms with E-state index in [2.05, 4.69) is 31.2 Å². The van der Waals surface area contributed by atoms with E-state index in [4.69, 9.17) is 0 Å². The van der Waals surface area contributed by atoms with Crippen LogP contribution in [0.25, 0.3) is 5.57 Å². The Hall–Kier alpha value is -1.12. The maximum atomic E-state index is 11.3. The van der Waals surface area contributed by atoms with E-state index >= 15 is 0 Å². The Morgan fingerprint density at radius 3 is 1.91 bits per heavy atom. The van der Waals surface area contributed by atoms with Gasteiger partial charge in [0.05, 0.1) is 11.2 Å². The molecule has 0 amide bonds. The van der Waals surface area contributed by atoms with Crippen LogP contribution in [0.1, 0.15) is 75.3 Å². The Balaban J connectivity index is 2.00. The molecule has 2 fully saturated rings. The molecule has 0 atom stereocenters. The van der Waals surface area contributed by atoms with Gasteiger partial charge in [-0.25, -0.2) is 0 Å². The van der Waals surface area contributed by atoms with E-state index < -0.39 is 11.2 Å². The van der Waals surface area contributed by atoms with Gasteiger partial charge < -0.3 is 10.2 Å². The second kappa shape index (κ2) is 6.78. The van der Waals surface area contributed by atoms with Crippen molar-refractivity contribution in [3.63, 3.8) is 0 Å². The molecule has 1 aromatic carbocycles. The molecular formula is C21H30O2. The van der Waals surface area contributed by atoms with Gasteiger partial charge in [-0.1, -0.05) is 68.4 Å². The minimum absolute atomic E-state index is 0.744. The van der Waals surface area contributed by atoms with Gasteiger partial charge in [-0.05, 0) is 49.8 Å². The van der Waals surface area contributed by atoms with Crippen molar-refractivity contribution in [1.82, 2.24) is 0 Å². The first kappa shape index (κ1) is 16.7. The lowest BCUT2D eigenvalue weighted by Gasteiger charge is -2.38. The van der Waals surface area contributed by atoms with Crippen LogP contribution in [0.3, 0.4) is 0 Å². The van der Waals surface area contributed by atoms with Gasteiger partial charge in [-0.15, -0.1) is 0 Å². The van der Waals surface area contributed by atoms with Crippen molar-refractivity contribution in [2.75, 3.05) is 0 Å². The zero-order chi connectivity index (χ0) is 16.3. The molecule has 0 aromatic heterocycles. The molecule has 0 radical (unpaired) electrons. The third-order valence-electron chi connectivity index (χ3n) is 5.68. The van der Waals surface area contributed by atoms with Gasteiger partial charge in [-0.3, -0.25) is 0 Å². The van der Waals surface area contributed by atoms with Gasteiger partial charge in [0.1, 0.15) is 0 Å². The number of benzene rings is 1. The summed E-state index contributed by atoms with van der Waals surface area (Å²) in [6, 6.07) is 8.39. The van der Waals surface area contributed by atoms with Crippen LogP contribution in [0.15, 0.2) is 30.3 Å². The molecule has 0 aliphatic heterocycles. The maximum absolute atomic E-state index is 11.3. The summed E-state index contributed by atoms with van der Waals surface area (Å²) >= 11 is 0. The van der Waals surface area contributed by atoms with Crippen molar-refractivity contribution in [2.45, 2.75) is 82.3 Å². The summed E-state index contributed by atoms with van der Waals surface area (Å²) < 4.78 is 0. The van der Waals surface area contributed by atoms with Crippen LogP contribution in [0.2, 0.25) is 0 Å². The summed E-state index contributed by atoms with van der Waals surface area (Å²) in [6.07, 6.45) is 12.0. The second-order valence-electron chi connectivity index (χ2n) is 7.68. The Morgan fingerprint density at radius 2 is 1.35 bits per heavy atom. The van der Waals surface area contributed by atoms with Crippen molar-refractivity contribution in [2.24, 2.45) is 0 Å². The van der Waals surface area contributed by atoms with Gasteiger partial charge in [0.25, 0.3) is 0 Å². The number of hydrogen-bond donors (Lipinski definition) is 2. The molecule has 2 saturated carbocycles. The molecule has 126 valence electrons. The lowest BCUT2D eigenvalue weighted by Crippen LogP contribution is -2.36. The zero-order valence-corrected chi connectivity index (χ0v) is 14.4. The highest BCUT2D eigenvalue weighted by Crippen LogP contribution is 2.42. The van der Waals surface area contributed by atoms with E-state index in [9.17, 15) is 10.2 Å². The molecule has 0 bridgehead atoms. The molecule has 3 rings (SSSR count). The van der Waals surface area contributed by atoms with Crippen LogP contribution < -0.4 is 0 Å². The lowest BCUT2D eigenvalue weighted by atomic mass is 9.73. The molecule has 0 unspecified atom stereocenters. The third kappa shape index (κ3) is 3.87. The lowest BCUT2D eigenvalue weighted by molar-refractivity contribution is 0.0410. The smallest absolute Gasteiger partial charge is 0.0900 e. The molecular weight excluding hydrogens is 284 g/mol. The first-order valence-corrected chi connectivity index (χ1v) is 9.26. The normalized spacial score (nSPS) is 24.4. The Bertz CT molecular complexity index is 544. The number of hydrogen-bond acceptors (Lipinski definition) is 2. The van der Waals surface area contributed by atoms with Gasteiger partial charge >= 0.3 is 0 Å². The first-order valence-electron chi connectivity index (χ1n) is 9.26. The zero-order valence-electron chi connectivity index (χ0n) is 14.4. The summed E-state index contributed by atoms with van der Waals surface area (Å²) in [5, 5.41) is 22.3. The minimum atomic E-state index is -0.777. The van der Waals surface area contributed by atoms with Crippen molar-refractivity contribution in [1.29, 1.82) is 0 Å². The van der Waals surface area contributed by atoms with Crippen LogP contribution in [0.5, 0.6) is 0 Å². The number of aliphatic hydroxyl groups is 2. The van der Waals surface area contributed by atoms with Crippen molar-refractivity contribution >= 4 is 5.57 Å². The molecule has 0 spiro atoms. The van der Waals surface area contributed by atoms with E-state index in [-0.39, 0.29) is 0 Å². The van der Waals surface area contributed by atoms with Crippen LogP contribution in [-0.2, 0) is 0 Å². The Labute approximate surface area is 140 Å². The number of rotatable bonds is 3. The second-order valence-corrected chi connectivity index (χ2v) is 7.68. The topological polar surface area (TPSA) is 40.5 Å². The van der Waals surface area contributed by atoms with Crippen molar-refractivity contribution in [3.8, 4) is 0 Å². The highest BCUT2D eigenvalue weighted by Gasteiger charge is 2.37. The first-order chi connectivity index (χ1) is 11.0. The van der Waals surface area contributed by atoms with Gasteiger partial charge in [0.2, 0.25) is 0 Å². The number of aryl methyl sites for hydroxylation is 1. The van der Waals surface area contributed by atoms with Crippen molar-refractivity contribution in [3.05, 3.63) is 41.5 Å². The average Bonchev–Trinajstić information content (AvgIpc) is 2.55. The van der Waals surface area contributed by atoms with Crippen LogP contribution in [0.4, 0.5) is 0 Å². The predicted molar refractivity (Wildman–Crippen MR) is 95.2 cm³/mol. The Kier molecular flexibility index (Phi) is 4.93. The highest BCUT2D eigenvalue weighted by atomic mass is 16.3. The molecule has 2 aliphatic carbocycles. The third-order valence-corrected chi connectivity index (χ3v) is 5.68. The van der Waals surface area contributed by atoms with Crippen LogP contribution in [0, 0.1) is 6.92 Å². The molecule has 2 aliphatic rings. The Morgan fingerprint density at radius 1 is 0.826 bits per heavy atom. The summed E-state index contributed by atoms with van der Waals surface area (Å²) in [6.45, 7) is 2.08. The van der Waals surface area contributed by atoms with E-state index in [1.165, 1.54) is 18.4 Å². The SMILES string of the molecule is Cc1ccc(/C(=C/C2(O)CCCCC2)C2(O)CCCCC2)cc1. The van der Waals surface area contributed by atoms with Crippen LogP contribution >= 0.6 is 0 Å². The standard InChI is InChI=1S/C21H30O2/c1-17-8-10-18(11-9-17)19(21(23)14-6-3-7-15-21)16-20(22)12-4-2-5-13-20/h8-11,16,22-23H,2-7,12-15H2,1H3/b19-16-. The molecule has 2 nitrogen and oxygen atoms in total. The van der Waals surface area contributed by atoms with E-state index in [0.29, 0.717) is 0 Å². The molecule has 0 saturated heterocycles. The molecule has 2 N–H and O–H groups in total. The summed E-state index contributed by atoms with van der Waals surface area (Å²) in [7, 11) is 0. The van der Waals surface area contributed by atoms with E-state index in [0.717, 1.165) is 62.5 Å². The largest absolute Gasteiger partial charge is 0.386 e. The van der Waals surface area contributed by atoms with Gasteiger partial charge in [0, 0.05) is 0 Å². The average molecular weight is 314 g/mol. The fraction of sp³-hybridized carbons (Fsp3) is 0.619. The van der Waals surface area contributed by atoms with Gasteiger partial charge in [-0.2, -0.15) is 0 Å². The van der Waals surface area contributed by atoms with Crippen molar-refractivity contribution < 1.29 is 10.2 Å². The predicted octanol–water partition coefficient (Wildman–Crippen LogP) is 4.77. The van der Waals surface area contributed by atoms with E-state index in [1.54, 1.807) is 0 Å². The summed E-state index contributed by atoms with van der Waals surface area (Å²) in [5.74, 6) is 0. The van der Waals surface area contributed by atoms with Gasteiger partial charge in [0.15, 0.2) is 0 Å². The minimum Gasteiger partial charge on any atom is -0.386 e. The quantitative estimate of drug-likeness (QED) is 0.844. The molecule has 1 aromatic rings. The molecule has 2 heteroatoms. The monoisotopic (exact) mass is 314 g/mol. The fourth-order valence-electron chi connectivity index (χ4n) is 4.20. The summed E-state index contributed by atoms with van der Waals surface area (Å²) in [4.78, 5) is 0. The maximum Gasteiger partial charge on any atom is 0.0900 e. The molecule has 0 heterocycles. The summed E-state index contributed by atoms with van der Waals surface area (Å²) in [5.41, 5.74) is 1.73. The highest BCUT2D eigenvalue weighted by molar-refractivity contribution is 5.73.